The fraction of sp³-hybridized carbons (Fsp3) is 0.250. The number of nitro benzene ring substituents is 1. The van der Waals surface area contributed by atoms with Gasteiger partial charge in [0.05, 0.1) is 9.82 Å². The van der Waals surface area contributed by atoms with Gasteiger partial charge in [-0.15, -0.1) is 0 Å². The van der Waals surface area contributed by atoms with E-state index >= 15 is 0 Å². The molecule has 1 N–H and O–H groups in total. The average molecular weight is 334 g/mol. The van der Waals surface area contributed by atoms with Crippen LogP contribution in [0, 0.1) is 30.9 Å². The molecular weight excluding hydrogens is 316 g/mol. The molecular formula is C16H18N2O4S. The zero-order valence-electron chi connectivity index (χ0n) is 13.2. The third-order valence-electron chi connectivity index (χ3n) is 3.65. The van der Waals surface area contributed by atoms with Crippen LogP contribution in [-0.2, 0) is 16.6 Å². The maximum absolute atomic E-state index is 12.5. The molecule has 0 aromatic heterocycles. The molecule has 0 atom stereocenters. The van der Waals surface area contributed by atoms with Crippen molar-refractivity contribution in [1.82, 2.24) is 4.72 Å². The van der Waals surface area contributed by atoms with Crippen LogP contribution in [0.15, 0.2) is 41.3 Å². The second-order valence-electron chi connectivity index (χ2n) is 5.46. The standard InChI is InChI=1S/C16H18N2O4S/c1-11-5-4-6-14(7-11)10-17-23(21,22)16-9-15(18(19)20)8-12(2)13(16)3/h4-9,17H,10H2,1-3H3. The Morgan fingerprint density at radius 3 is 2.43 bits per heavy atom. The van der Waals surface area contributed by atoms with Crippen LogP contribution in [0.5, 0.6) is 0 Å². The summed E-state index contributed by atoms with van der Waals surface area (Å²) in [6, 6.07) is 9.94. The van der Waals surface area contributed by atoms with Crippen LogP contribution in [0.2, 0.25) is 0 Å². The van der Waals surface area contributed by atoms with Gasteiger partial charge >= 0.3 is 0 Å². The molecule has 0 saturated carbocycles. The zero-order valence-corrected chi connectivity index (χ0v) is 14.0. The number of nitro groups is 1. The monoisotopic (exact) mass is 334 g/mol. The molecule has 0 saturated heterocycles. The van der Waals surface area contributed by atoms with Gasteiger partial charge < -0.3 is 0 Å². The lowest BCUT2D eigenvalue weighted by Gasteiger charge is -2.11. The van der Waals surface area contributed by atoms with Gasteiger partial charge in [-0.3, -0.25) is 10.1 Å². The van der Waals surface area contributed by atoms with E-state index in [9.17, 15) is 18.5 Å². The molecule has 0 spiro atoms. The maximum Gasteiger partial charge on any atom is 0.271 e. The minimum Gasteiger partial charge on any atom is -0.258 e. The molecule has 2 aromatic rings. The van der Waals surface area contributed by atoms with E-state index in [1.807, 2.05) is 31.2 Å². The van der Waals surface area contributed by atoms with E-state index in [-0.39, 0.29) is 17.1 Å². The second kappa shape index (κ2) is 6.47. The molecule has 7 heteroatoms. The summed E-state index contributed by atoms with van der Waals surface area (Å²) in [5, 5.41) is 11.0. The first-order valence-electron chi connectivity index (χ1n) is 7.01. The van der Waals surface area contributed by atoms with Gasteiger partial charge in [-0.25, -0.2) is 13.1 Å². The Morgan fingerprint density at radius 1 is 1.13 bits per heavy atom. The topological polar surface area (TPSA) is 89.3 Å². The fourth-order valence-electron chi connectivity index (χ4n) is 2.27. The second-order valence-corrected chi connectivity index (χ2v) is 7.19. The van der Waals surface area contributed by atoms with Crippen LogP contribution in [0.25, 0.3) is 0 Å². The lowest BCUT2D eigenvalue weighted by molar-refractivity contribution is -0.385. The van der Waals surface area contributed by atoms with E-state index in [1.54, 1.807) is 13.8 Å². The molecule has 0 amide bonds. The van der Waals surface area contributed by atoms with Gasteiger partial charge in [0.15, 0.2) is 0 Å². The van der Waals surface area contributed by atoms with Gasteiger partial charge in [0.25, 0.3) is 5.69 Å². The van der Waals surface area contributed by atoms with E-state index in [1.165, 1.54) is 6.07 Å². The van der Waals surface area contributed by atoms with Gasteiger partial charge in [-0.1, -0.05) is 29.8 Å². The molecule has 0 radical (unpaired) electrons. The predicted octanol–water partition coefficient (Wildman–Crippen LogP) is 3.00. The maximum atomic E-state index is 12.5. The largest absolute Gasteiger partial charge is 0.271 e. The Hall–Kier alpha value is -2.25. The van der Waals surface area contributed by atoms with Crippen molar-refractivity contribution in [2.45, 2.75) is 32.2 Å². The molecule has 0 heterocycles. The summed E-state index contributed by atoms with van der Waals surface area (Å²) in [4.78, 5) is 10.3. The average Bonchev–Trinajstić information content (AvgIpc) is 2.47. The molecule has 2 aromatic carbocycles. The van der Waals surface area contributed by atoms with Gasteiger partial charge in [0, 0.05) is 18.7 Å². The first-order valence-corrected chi connectivity index (χ1v) is 8.50. The van der Waals surface area contributed by atoms with E-state index < -0.39 is 14.9 Å². The number of nitrogens with one attached hydrogen (secondary N) is 1. The van der Waals surface area contributed by atoms with Crippen molar-refractivity contribution in [2.24, 2.45) is 0 Å². The summed E-state index contributed by atoms with van der Waals surface area (Å²) in [6.45, 7) is 5.35. The van der Waals surface area contributed by atoms with Crippen molar-refractivity contribution in [3.63, 3.8) is 0 Å². The van der Waals surface area contributed by atoms with E-state index in [0.717, 1.165) is 17.2 Å². The van der Waals surface area contributed by atoms with Gasteiger partial charge in [-0.2, -0.15) is 0 Å². The normalized spacial score (nSPS) is 11.4. The highest BCUT2D eigenvalue weighted by molar-refractivity contribution is 7.89. The highest BCUT2D eigenvalue weighted by atomic mass is 32.2. The number of aryl methyl sites for hydroxylation is 2. The Kier molecular flexibility index (Phi) is 4.82. The van der Waals surface area contributed by atoms with Crippen LogP contribution >= 0.6 is 0 Å². The van der Waals surface area contributed by atoms with Crippen molar-refractivity contribution < 1.29 is 13.3 Å². The lowest BCUT2D eigenvalue weighted by Crippen LogP contribution is -2.24. The van der Waals surface area contributed by atoms with Crippen LogP contribution in [0.3, 0.4) is 0 Å². The van der Waals surface area contributed by atoms with E-state index in [0.29, 0.717) is 11.1 Å². The predicted molar refractivity (Wildman–Crippen MR) is 87.8 cm³/mol. The molecule has 2 rings (SSSR count). The third kappa shape index (κ3) is 3.94. The Morgan fingerprint density at radius 2 is 1.83 bits per heavy atom. The summed E-state index contributed by atoms with van der Waals surface area (Å²) in [6.07, 6.45) is 0. The van der Waals surface area contributed by atoms with Crippen LogP contribution in [0.1, 0.15) is 22.3 Å². The highest BCUT2D eigenvalue weighted by Crippen LogP contribution is 2.25. The van der Waals surface area contributed by atoms with Crippen molar-refractivity contribution >= 4 is 15.7 Å². The minimum absolute atomic E-state index is 0.0585. The van der Waals surface area contributed by atoms with Crippen molar-refractivity contribution in [2.75, 3.05) is 0 Å². The Balaban J connectivity index is 2.34. The minimum atomic E-state index is -3.83. The summed E-state index contributed by atoms with van der Waals surface area (Å²) in [7, 11) is -3.83. The summed E-state index contributed by atoms with van der Waals surface area (Å²) in [5.41, 5.74) is 2.70. The molecule has 0 aliphatic heterocycles. The summed E-state index contributed by atoms with van der Waals surface area (Å²) in [5.74, 6) is 0. The smallest absolute Gasteiger partial charge is 0.258 e. The Bertz CT molecular complexity index is 860. The zero-order chi connectivity index (χ0) is 17.2. The fourth-order valence-corrected chi connectivity index (χ4v) is 3.62. The summed E-state index contributed by atoms with van der Waals surface area (Å²) < 4.78 is 27.5. The molecule has 0 unspecified atom stereocenters. The molecule has 0 aliphatic carbocycles. The van der Waals surface area contributed by atoms with Crippen molar-refractivity contribution in [3.8, 4) is 0 Å². The quantitative estimate of drug-likeness (QED) is 0.672. The number of hydrogen-bond donors (Lipinski definition) is 1. The van der Waals surface area contributed by atoms with E-state index in [4.69, 9.17) is 0 Å². The molecule has 23 heavy (non-hydrogen) atoms. The van der Waals surface area contributed by atoms with Gasteiger partial charge in [-0.05, 0) is 37.5 Å². The number of hydrogen-bond acceptors (Lipinski definition) is 4. The van der Waals surface area contributed by atoms with Gasteiger partial charge in [0.1, 0.15) is 0 Å². The number of nitrogens with zero attached hydrogens (tertiary/aromatic N) is 1. The third-order valence-corrected chi connectivity index (χ3v) is 5.18. The number of benzene rings is 2. The number of non-ortho nitro benzene ring substituents is 1. The van der Waals surface area contributed by atoms with E-state index in [2.05, 4.69) is 4.72 Å². The van der Waals surface area contributed by atoms with Crippen LogP contribution in [0.4, 0.5) is 5.69 Å². The molecule has 0 fully saturated rings. The number of rotatable bonds is 5. The summed E-state index contributed by atoms with van der Waals surface area (Å²) >= 11 is 0. The van der Waals surface area contributed by atoms with Crippen LogP contribution < -0.4 is 4.72 Å². The van der Waals surface area contributed by atoms with Crippen LogP contribution in [-0.4, -0.2) is 13.3 Å². The van der Waals surface area contributed by atoms with Crippen molar-refractivity contribution in [3.05, 3.63) is 68.8 Å². The molecule has 0 bridgehead atoms. The number of sulfonamides is 1. The van der Waals surface area contributed by atoms with Crippen molar-refractivity contribution in [1.29, 1.82) is 0 Å². The highest BCUT2D eigenvalue weighted by Gasteiger charge is 2.22. The van der Waals surface area contributed by atoms with Gasteiger partial charge in [0.2, 0.25) is 10.0 Å². The Labute approximate surface area is 135 Å². The first kappa shape index (κ1) is 17.1. The molecule has 6 nitrogen and oxygen atoms in total. The molecule has 0 aliphatic rings. The SMILES string of the molecule is Cc1cccc(CNS(=O)(=O)c2cc([N+](=O)[O-])cc(C)c2C)c1. The lowest BCUT2D eigenvalue weighted by atomic mass is 10.1. The molecule has 122 valence electrons. The first-order chi connectivity index (χ1) is 10.7.